The second-order valence-corrected chi connectivity index (χ2v) is 5.96. The molecule has 0 unspecified atom stereocenters. The smallest absolute Gasteiger partial charge is 0.337 e. The van der Waals surface area contributed by atoms with Gasteiger partial charge in [0.1, 0.15) is 0 Å². The normalized spacial score (nSPS) is 11.7. The molecule has 6 nitrogen and oxygen atoms in total. The number of carbonyl (C=O) groups is 1. The molecule has 0 spiro atoms. The summed E-state index contributed by atoms with van der Waals surface area (Å²) in [5.74, 6) is -1.31. The van der Waals surface area contributed by atoms with Crippen molar-refractivity contribution in [3.8, 4) is 0 Å². The van der Waals surface area contributed by atoms with Gasteiger partial charge in [0.2, 0.25) is 10.0 Å². The molecule has 0 heterocycles. The Hall–Kier alpha value is -1.60. The van der Waals surface area contributed by atoms with E-state index < -0.39 is 16.0 Å². The highest BCUT2D eigenvalue weighted by Crippen LogP contribution is 2.22. The number of rotatable bonds is 6. The van der Waals surface area contributed by atoms with E-state index in [0.717, 1.165) is 6.07 Å². The summed E-state index contributed by atoms with van der Waals surface area (Å²) in [5.41, 5.74) is 5.42. The molecule has 0 amide bonds. The topological polar surface area (TPSA) is 101 Å². The number of hydrogen-bond donors (Lipinski definition) is 2. The van der Waals surface area contributed by atoms with Crippen LogP contribution < -0.4 is 5.73 Å². The predicted octanol–water partition coefficient (Wildman–Crippen LogP) is 1.39. The lowest BCUT2D eigenvalue weighted by Crippen LogP contribution is -2.32. The average Bonchev–Trinajstić information content (AvgIpc) is 2.35. The summed E-state index contributed by atoms with van der Waals surface area (Å²) in [6, 6.07) is 3.79. The van der Waals surface area contributed by atoms with Crippen LogP contribution in [0.2, 0.25) is 0 Å². The minimum absolute atomic E-state index is 0.217. The lowest BCUT2D eigenvalue weighted by molar-refractivity contribution is 0.0692. The van der Waals surface area contributed by atoms with Crippen molar-refractivity contribution in [2.75, 3.05) is 18.8 Å². The minimum Gasteiger partial charge on any atom is -0.478 e. The average molecular weight is 286 g/mol. The number of nitrogens with two attached hydrogens (primary N) is 1. The summed E-state index contributed by atoms with van der Waals surface area (Å²) < 4.78 is 26.1. The van der Waals surface area contributed by atoms with Gasteiger partial charge >= 0.3 is 5.97 Å². The number of aromatic carboxylic acids is 1. The summed E-state index contributed by atoms with van der Waals surface area (Å²) in [7, 11) is -3.81. The first-order valence-corrected chi connectivity index (χ1v) is 7.41. The van der Waals surface area contributed by atoms with E-state index in [-0.39, 0.29) is 16.1 Å². The fourth-order valence-corrected chi connectivity index (χ4v) is 3.48. The minimum atomic E-state index is -3.81. The van der Waals surface area contributed by atoms with Crippen LogP contribution >= 0.6 is 0 Å². The highest BCUT2D eigenvalue weighted by Gasteiger charge is 2.27. The van der Waals surface area contributed by atoms with Crippen molar-refractivity contribution in [2.24, 2.45) is 0 Å². The molecule has 0 aliphatic rings. The molecule has 19 heavy (non-hydrogen) atoms. The van der Waals surface area contributed by atoms with Crippen molar-refractivity contribution in [1.29, 1.82) is 0 Å². The molecule has 106 valence electrons. The maximum Gasteiger partial charge on any atom is 0.337 e. The van der Waals surface area contributed by atoms with Gasteiger partial charge in [-0.05, 0) is 24.6 Å². The Bertz CT molecular complexity index is 569. The third-order valence-corrected chi connectivity index (χ3v) is 4.71. The molecule has 1 rings (SSSR count). The summed E-state index contributed by atoms with van der Waals surface area (Å²) in [6.07, 6.45) is 0.657. The first-order chi connectivity index (χ1) is 8.84. The quantitative estimate of drug-likeness (QED) is 0.769. The van der Waals surface area contributed by atoms with Gasteiger partial charge in [-0.25, -0.2) is 13.2 Å². The van der Waals surface area contributed by atoms with E-state index in [9.17, 15) is 13.2 Å². The lowest BCUT2D eigenvalue weighted by Gasteiger charge is -2.20. The molecule has 0 aromatic heterocycles. The molecule has 0 bridgehead atoms. The molecule has 0 aliphatic carbocycles. The third kappa shape index (κ3) is 3.24. The first-order valence-electron chi connectivity index (χ1n) is 5.97. The van der Waals surface area contributed by atoms with Crippen molar-refractivity contribution in [3.63, 3.8) is 0 Å². The van der Waals surface area contributed by atoms with Gasteiger partial charge in [-0.1, -0.05) is 13.8 Å². The van der Waals surface area contributed by atoms with Gasteiger partial charge in [-0.3, -0.25) is 0 Å². The van der Waals surface area contributed by atoms with Gasteiger partial charge in [-0.15, -0.1) is 0 Å². The fourth-order valence-electron chi connectivity index (χ4n) is 1.78. The number of hydrogen-bond acceptors (Lipinski definition) is 4. The van der Waals surface area contributed by atoms with Crippen molar-refractivity contribution in [3.05, 3.63) is 23.8 Å². The largest absolute Gasteiger partial charge is 0.478 e. The van der Waals surface area contributed by atoms with E-state index in [1.165, 1.54) is 16.4 Å². The monoisotopic (exact) mass is 286 g/mol. The Morgan fingerprint density at radius 3 is 2.47 bits per heavy atom. The van der Waals surface area contributed by atoms with Crippen LogP contribution in [-0.2, 0) is 10.0 Å². The van der Waals surface area contributed by atoms with Crippen LogP contribution in [0.1, 0.15) is 30.6 Å². The van der Waals surface area contributed by atoms with Crippen molar-refractivity contribution >= 4 is 21.7 Å². The Morgan fingerprint density at radius 1 is 1.37 bits per heavy atom. The van der Waals surface area contributed by atoms with E-state index in [2.05, 4.69) is 0 Å². The van der Waals surface area contributed by atoms with Gasteiger partial charge in [0.05, 0.1) is 10.5 Å². The molecule has 1 aromatic carbocycles. The van der Waals surface area contributed by atoms with Crippen molar-refractivity contribution in [1.82, 2.24) is 4.31 Å². The van der Waals surface area contributed by atoms with Crippen LogP contribution in [0.4, 0.5) is 5.69 Å². The van der Waals surface area contributed by atoms with Crippen LogP contribution in [0.5, 0.6) is 0 Å². The molecule has 0 fully saturated rings. The predicted molar refractivity (Wildman–Crippen MR) is 72.5 cm³/mol. The molecule has 1 aromatic rings. The summed E-state index contributed by atoms with van der Waals surface area (Å²) >= 11 is 0. The standard InChI is InChI=1S/C12H18N2O4S/c1-3-7-14(4-2)19(17,18)11-6-5-9(13)8-10(11)12(15)16/h5-6,8H,3-4,7,13H2,1-2H3,(H,15,16). The van der Waals surface area contributed by atoms with E-state index in [1.807, 2.05) is 6.92 Å². The Balaban J connectivity index is 3.39. The molecule has 0 saturated heterocycles. The van der Waals surface area contributed by atoms with Crippen LogP contribution in [0.25, 0.3) is 0 Å². The van der Waals surface area contributed by atoms with Gasteiger partial charge in [0.25, 0.3) is 0 Å². The zero-order valence-corrected chi connectivity index (χ0v) is 11.8. The summed E-state index contributed by atoms with van der Waals surface area (Å²) in [6.45, 7) is 4.21. The highest BCUT2D eigenvalue weighted by atomic mass is 32.2. The summed E-state index contributed by atoms with van der Waals surface area (Å²) in [5, 5.41) is 9.10. The second-order valence-electron chi connectivity index (χ2n) is 4.06. The van der Waals surface area contributed by atoms with Crippen LogP contribution in [0.15, 0.2) is 23.1 Å². The number of carboxylic acid groups (broad SMARTS) is 1. The molecule has 3 N–H and O–H groups in total. The van der Waals surface area contributed by atoms with E-state index >= 15 is 0 Å². The number of carboxylic acids is 1. The second kappa shape index (κ2) is 6.03. The first kappa shape index (κ1) is 15.5. The molecule has 0 aliphatic heterocycles. The maximum absolute atomic E-state index is 12.4. The molecule has 0 saturated carbocycles. The zero-order valence-electron chi connectivity index (χ0n) is 11.0. The van der Waals surface area contributed by atoms with Crippen molar-refractivity contribution in [2.45, 2.75) is 25.2 Å². The molecular formula is C12H18N2O4S. The highest BCUT2D eigenvalue weighted by molar-refractivity contribution is 7.89. The summed E-state index contributed by atoms with van der Waals surface area (Å²) in [4.78, 5) is 10.9. The number of anilines is 1. The van der Waals surface area contributed by atoms with Gasteiger partial charge < -0.3 is 10.8 Å². The lowest BCUT2D eigenvalue weighted by atomic mass is 10.2. The SMILES string of the molecule is CCCN(CC)S(=O)(=O)c1ccc(N)cc1C(=O)O. The molecule has 0 radical (unpaired) electrons. The zero-order chi connectivity index (χ0) is 14.6. The number of nitrogen functional groups attached to an aromatic ring is 1. The Labute approximate surface area is 112 Å². The third-order valence-electron chi connectivity index (χ3n) is 2.68. The van der Waals surface area contributed by atoms with E-state index in [4.69, 9.17) is 10.8 Å². The molecule has 7 heteroatoms. The number of sulfonamides is 1. The molecule has 0 atom stereocenters. The van der Waals surface area contributed by atoms with Gasteiger partial charge in [0.15, 0.2) is 0 Å². The van der Waals surface area contributed by atoms with Crippen LogP contribution in [0, 0.1) is 0 Å². The van der Waals surface area contributed by atoms with Gasteiger partial charge in [-0.2, -0.15) is 4.31 Å². The Kier molecular flexibility index (Phi) is 4.90. The Morgan fingerprint density at radius 2 is 2.00 bits per heavy atom. The number of nitrogens with zero attached hydrogens (tertiary/aromatic N) is 1. The van der Waals surface area contributed by atoms with Crippen molar-refractivity contribution < 1.29 is 18.3 Å². The van der Waals surface area contributed by atoms with E-state index in [0.29, 0.717) is 19.5 Å². The molecular weight excluding hydrogens is 268 g/mol. The van der Waals surface area contributed by atoms with Crippen LogP contribution in [0.3, 0.4) is 0 Å². The fraction of sp³-hybridized carbons (Fsp3) is 0.417. The maximum atomic E-state index is 12.4. The van der Waals surface area contributed by atoms with Crippen LogP contribution in [-0.4, -0.2) is 36.9 Å². The van der Waals surface area contributed by atoms with Gasteiger partial charge in [0, 0.05) is 18.8 Å². The number of benzene rings is 1. The van der Waals surface area contributed by atoms with E-state index in [1.54, 1.807) is 6.92 Å².